The molecule has 1 aromatic carbocycles. The van der Waals surface area contributed by atoms with Gasteiger partial charge in [0.25, 0.3) is 0 Å². The summed E-state index contributed by atoms with van der Waals surface area (Å²) in [6, 6.07) is 7.45. The standard InChI is InChI=1S/C10H8ClIN4/c11-9-2-4-10(5-3-9)16-14-8-13-15(16)7-1-6-12/h2-5,8H,7H2,(H,13,14). The maximum absolute atomic E-state index is 5.83. The van der Waals surface area contributed by atoms with Crippen LogP contribution in [-0.2, 0) is 0 Å². The van der Waals surface area contributed by atoms with Gasteiger partial charge in [-0.3, -0.25) is 5.43 Å². The van der Waals surface area contributed by atoms with E-state index in [-0.39, 0.29) is 0 Å². The maximum atomic E-state index is 5.83. The normalized spacial score (nSPS) is 14.5. The molecular weight excluding hydrogens is 338 g/mol. The van der Waals surface area contributed by atoms with Gasteiger partial charge in [-0.15, -0.1) is 5.10 Å². The first-order valence-electron chi connectivity index (χ1n) is 4.51. The summed E-state index contributed by atoms with van der Waals surface area (Å²) in [5.41, 5.74) is 3.91. The van der Waals surface area contributed by atoms with E-state index in [1.165, 1.54) is 0 Å². The second-order valence-corrected chi connectivity index (χ2v) is 3.94. The highest BCUT2D eigenvalue weighted by Crippen LogP contribution is 2.20. The number of nitrogens with zero attached hydrogens (tertiary/aromatic N) is 3. The third-order valence-corrected chi connectivity index (χ3v) is 2.59. The van der Waals surface area contributed by atoms with Crippen LogP contribution in [0.4, 0.5) is 5.69 Å². The molecule has 0 unspecified atom stereocenters. The lowest BCUT2D eigenvalue weighted by Gasteiger charge is -2.24. The third kappa shape index (κ3) is 2.58. The van der Waals surface area contributed by atoms with Crippen molar-refractivity contribution < 1.29 is 0 Å². The van der Waals surface area contributed by atoms with Crippen LogP contribution in [0, 0.1) is 9.85 Å². The minimum absolute atomic E-state index is 0.561. The van der Waals surface area contributed by atoms with Crippen molar-refractivity contribution in [2.24, 2.45) is 5.10 Å². The van der Waals surface area contributed by atoms with Gasteiger partial charge in [-0.1, -0.05) is 22.6 Å². The molecule has 1 aliphatic heterocycles. The first-order valence-corrected chi connectivity index (χ1v) is 5.97. The van der Waals surface area contributed by atoms with Crippen LogP contribution >= 0.6 is 34.2 Å². The number of anilines is 1. The summed E-state index contributed by atoms with van der Waals surface area (Å²) in [5.74, 6) is 2.95. The summed E-state index contributed by atoms with van der Waals surface area (Å²) < 4.78 is 2.81. The minimum Gasteiger partial charge on any atom is -0.287 e. The Bertz CT molecular complexity index is 448. The Balaban J connectivity index is 2.15. The third-order valence-electron chi connectivity index (χ3n) is 1.96. The molecule has 0 bridgehead atoms. The van der Waals surface area contributed by atoms with Crippen LogP contribution in [0.15, 0.2) is 29.4 Å². The van der Waals surface area contributed by atoms with Crippen LogP contribution in [0.5, 0.6) is 0 Å². The van der Waals surface area contributed by atoms with Gasteiger partial charge in [-0.25, -0.2) is 0 Å². The number of hydrogen-bond donors (Lipinski definition) is 1. The van der Waals surface area contributed by atoms with Gasteiger partial charge < -0.3 is 0 Å². The molecular formula is C10H8ClIN4. The van der Waals surface area contributed by atoms with Crippen molar-refractivity contribution in [2.75, 3.05) is 11.7 Å². The fourth-order valence-corrected chi connectivity index (χ4v) is 1.56. The van der Waals surface area contributed by atoms with E-state index in [2.05, 4.69) is 20.4 Å². The average molecular weight is 347 g/mol. The van der Waals surface area contributed by atoms with E-state index in [9.17, 15) is 0 Å². The molecule has 0 saturated heterocycles. The van der Waals surface area contributed by atoms with Crippen molar-refractivity contribution in [2.45, 2.75) is 0 Å². The van der Waals surface area contributed by atoms with Crippen molar-refractivity contribution in [3.8, 4) is 9.85 Å². The van der Waals surface area contributed by atoms with Gasteiger partial charge in [0.05, 0.1) is 5.69 Å². The summed E-state index contributed by atoms with van der Waals surface area (Å²) in [6.45, 7) is 0.561. The molecule has 1 heterocycles. The molecule has 1 N–H and O–H groups in total. The van der Waals surface area contributed by atoms with Gasteiger partial charge in [0.15, 0.2) is 0 Å². The van der Waals surface area contributed by atoms with Gasteiger partial charge in [-0.05, 0) is 28.2 Å². The molecule has 0 spiro atoms. The smallest absolute Gasteiger partial charge is 0.126 e. The van der Waals surface area contributed by atoms with Gasteiger partial charge in [0.2, 0.25) is 0 Å². The SMILES string of the molecule is Clc1ccc(N2N=CNN2CC#CI)cc1. The van der Waals surface area contributed by atoms with Crippen LogP contribution in [0.3, 0.4) is 0 Å². The number of nitrogens with one attached hydrogen (secondary N) is 1. The highest BCUT2D eigenvalue weighted by atomic mass is 127. The fourth-order valence-electron chi connectivity index (χ4n) is 1.26. The topological polar surface area (TPSA) is 30.9 Å². The van der Waals surface area contributed by atoms with E-state index in [1.807, 2.05) is 46.9 Å². The van der Waals surface area contributed by atoms with Crippen molar-refractivity contribution in [3.63, 3.8) is 0 Å². The highest BCUT2D eigenvalue weighted by Gasteiger charge is 2.17. The molecule has 0 atom stereocenters. The summed E-state index contributed by atoms with van der Waals surface area (Å²) in [5, 5.41) is 8.42. The van der Waals surface area contributed by atoms with Crippen molar-refractivity contribution >= 4 is 46.2 Å². The Morgan fingerprint density at radius 2 is 2.12 bits per heavy atom. The molecule has 82 valence electrons. The Morgan fingerprint density at radius 1 is 1.38 bits per heavy atom. The molecule has 4 nitrogen and oxygen atoms in total. The zero-order valence-corrected chi connectivity index (χ0v) is 11.1. The molecule has 0 radical (unpaired) electrons. The van der Waals surface area contributed by atoms with Crippen LogP contribution in [0.25, 0.3) is 0 Å². The molecule has 0 amide bonds. The van der Waals surface area contributed by atoms with Crippen LogP contribution in [0.2, 0.25) is 5.02 Å². The number of benzene rings is 1. The van der Waals surface area contributed by atoms with E-state index < -0.39 is 0 Å². The minimum atomic E-state index is 0.561. The molecule has 1 aromatic rings. The van der Waals surface area contributed by atoms with Crippen LogP contribution in [-0.4, -0.2) is 18.0 Å². The van der Waals surface area contributed by atoms with Crippen LogP contribution in [0.1, 0.15) is 0 Å². The number of hydrogen-bond acceptors (Lipinski definition) is 4. The fraction of sp³-hybridized carbons (Fsp3) is 0.100. The molecule has 0 aliphatic carbocycles. The van der Waals surface area contributed by atoms with Gasteiger partial charge in [-0.2, -0.15) is 5.12 Å². The Kier molecular flexibility index (Phi) is 3.88. The van der Waals surface area contributed by atoms with Crippen molar-refractivity contribution in [1.82, 2.24) is 10.5 Å². The summed E-state index contributed by atoms with van der Waals surface area (Å²) in [4.78, 5) is 0. The molecule has 2 rings (SSSR count). The van der Waals surface area contributed by atoms with Crippen molar-refractivity contribution in [3.05, 3.63) is 29.3 Å². The van der Waals surface area contributed by atoms with Crippen molar-refractivity contribution in [1.29, 1.82) is 0 Å². The lowest BCUT2D eigenvalue weighted by Crippen LogP contribution is -2.42. The maximum Gasteiger partial charge on any atom is 0.126 e. The average Bonchev–Trinajstić information content (AvgIpc) is 2.75. The quantitative estimate of drug-likeness (QED) is 0.658. The molecule has 6 heteroatoms. The molecule has 1 aliphatic rings. The van der Waals surface area contributed by atoms with E-state index in [0.717, 1.165) is 5.69 Å². The lowest BCUT2D eigenvalue weighted by molar-refractivity contribution is 0.270. The summed E-state index contributed by atoms with van der Waals surface area (Å²) in [7, 11) is 0. The molecule has 0 saturated carbocycles. The summed E-state index contributed by atoms with van der Waals surface area (Å²) in [6.07, 6.45) is 1.61. The number of hydrazine groups is 2. The highest BCUT2D eigenvalue weighted by molar-refractivity contribution is 14.1. The zero-order chi connectivity index (χ0) is 11.4. The number of halogens is 2. The molecule has 16 heavy (non-hydrogen) atoms. The van der Waals surface area contributed by atoms with Gasteiger partial charge >= 0.3 is 0 Å². The number of hydrazone groups is 1. The summed E-state index contributed by atoms with van der Waals surface area (Å²) >= 11 is 7.84. The second-order valence-electron chi connectivity index (χ2n) is 2.97. The molecule has 0 aromatic heterocycles. The predicted molar refractivity (Wildman–Crippen MR) is 74.1 cm³/mol. The largest absolute Gasteiger partial charge is 0.287 e. The second kappa shape index (κ2) is 5.39. The first-order chi connectivity index (χ1) is 7.81. The van der Waals surface area contributed by atoms with E-state index in [0.29, 0.717) is 11.6 Å². The van der Waals surface area contributed by atoms with E-state index >= 15 is 0 Å². The van der Waals surface area contributed by atoms with E-state index in [4.69, 9.17) is 11.6 Å². The van der Waals surface area contributed by atoms with Crippen LogP contribution < -0.4 is 10.5 Å². The Hall–Kier alpha value is -0.970. The lowest BCUT2D eigenvalue weighted by atomic mass is 10.3. The monoisotopic (exact) mass is 346 g/mol. The predicted octanol–water partition coefficient (Wildman–Crippen LogP) is 2.22. The molecule has 0 fully saturated rings. The van der Waals surface area contributed by atoms with Gasteiger partial charge in [0.1, 0.15) is 12.9 Å². The number of rotatable bonds is 2. The Labute approximate surface area is 112 Å². The first kappa shape index (κ1) is 11.5. The van der Waals surface area contributed by atoms with Gasteiger partial charge in [0, 0.05) is 27.6 Å². The zero-order valence-electron chi connectivity index (χ0n) is 8.19. The van der Waals surface area contributed by atoms with E-state index in [1.54, 1.807) is 16.6 Å². The Morgan fingerprint density at radius 3 is 2.81 bits per heavy atom.